The molecule has 0 saturated heterocycles. The molecule has 0 aromatic carbocycles. The number of hydrogen-bond acceptors (Lipinski definition) is 4. The Bertz CT molecular complexity index is 66.3. The molecule has 48 valence electrons. The van der Waals surface area contributed by atoms with Crippen molar-refractivity contribution >= 4 is 0 Å². The van der Waals surface area contributed by atoms with Crippen molar-refractivity contribution < 1.29 is 5.21 Å². The van der Waals surface area contributed by atoms with Crippen LogP contribution in [0, 0.1) is 0 Å². The van der Waals surface area contributed by atoms with Crippen LogP contribution in [0.1, 0.15) is 0 Å². The number of nitrogens with two attached hydrogens (primary N) is 1. The monoisotopic (exact) mass is 117 g/mol. The van der Waals surface area contributed by atoms with Crippen LogP contribution in [-0.4, -0.2) is 23.6 Å². The molecule has 0 fully saturated rings. The van der Waals surface area contributed by atoms with Gasteiger partial charge in [0, 0.05) is 0 Å². The Morgan fingerprint density at radius 3 is 2.88 bits per heavy atom. The van der Waals surface area contributed by atoms with Gasteiger partial charge in [-0.15, -0.1) is 0 Å². The van der Waals surface area contributed by atoms with Gasteiger partial charge in [0.25, 0.3) is 0 Å². The van der Waals surface area contributed by atoms with Gasteiger partial charge in [-0.3, -0.25) is 0 Å². The summed E-state index contributed by atoms with van der Waals surface area (Å²) in [5.41, 5.74) is 5.01. The number of nitrogens with one attached hydrogen (secondary N) is 1. The highest BCUT2D eigenvalue weighted by Gasteiger charge is 1.88. The largest absolute Gasteiger partial charge is 0.377 e. The molecule has 4 nitrogen and oxygen atoms in total. The summed E-state index contributed by atoms with van der Waals surface area (Å²) in [6, 6.07) is 0. The van der Waals surface area contributed by atoms with Crippen LogP contribution < -0.4 is 11.1 Å². The average molecular weight is 117 g/mol. The highest BCUT2D eigenvalue weighted by atomic mass is 16.5. The van der Waals surface area contributed by atoms with Gasteiger partial charge in [0.05, 0.1) is 13.3 Å². The zero-order valence-corrected chi connectivity index (χ0v) is 4.67. The standard InChI is InChI=1S/C4H11N3O/c1-2-6-4-7(8)3-5/h2,6,8H,1,3-5H2. The van der Waals surface area contributed by atoms with Gasteiger partial charge in [0.2, 0.25) is 0 Å². The van der Waals surface area contributed by atoms with E-state index in [2.05, 4.69) is 11.9 Å². The van der Waals surface area contributed by atoms with Crippen LogP contribution >= 0.6 is 0 Å². The summed E-state index contributed by atoms with van der Waals surface area (Å²) in [5.74, 6) is 0. The van der Waals surface area contributed by atoms with Crippen molar-refractivity contribution in [1.82, 2.24) is 10.4 Å². The number of hydrogen-bond donors (Lipinski definition) is 3. The van der Waals surface area contributed by atoms with Crippen LogP contribution in [0.3, 0.4) is 0 Å². The summed E-state index contributed by atoms with van der Waals surface area (Å²) in [7, 11) is 0. The molecular formula is C4H11N3O. The van der Waals surface area contributed by atoms with Crippen LogP contribution in [-0.2, 0) is 0 Å². The van der Waals surface area contributed by atoms with E-state index in [-0.39, 0.29) is 6.67 Å². The van der Waals surface area contributed by atoms with Crippen molar-refractivity contribution in [3.05, 3.63) is 12.8 Å². The second kappa shape index (κ2) is 4.58. The quantitative estimate of drug-likeness (QED) is 0.336. The molecule has 8 heavy (non-hydrogen) atoms. The molecule has 0 bridgehead atoms. The Hall–Kier alpha value is -0.580. The summed E-state index contributed by atoms with van der Waals surface area (Å²) in [4.78, 5) is 0. The number of nitrogens with zero attached hydrogens (tertiary/aromatic N) is 1. The lowest BCUT2D eigenvalue weighted by Gasteiger charge is -2.09. The molecule has 0 amide bonds. The fraction of sp³-hybridized carbons (Fsp3) is 0.500. The van der Waals surface area contributed by atoms with E-state index in [1.54, 1.807) is 0 Å². The minimum absolute atomic E-state index is 0.126. The Morgan fingerprint density at radius 2 is 2.50 bits per heavy atom. The van der Waals surface area contributed by atoms with E-state index in [1.165, 1.54) is 6.20 Å². The molecule has 0 saturated carbocycles. The molecule has 0 spiro atoms. The summed E-state index contributed by atoms with van der Waals surface area (Å²) in [6.45, 7) is 3.82. The number of rotatable bonds is 4. The van der Waals surface area contributed by atoms with E-state index in [4.69, 9.17) is 10.9 Å². The van der Waals surface area contributed by atoms with Crippen LogP contribution in [0.2, 0.25) is 0 Å². The first-order valence-corrected chi connectivity index (χ1v) is 2.29. The molecule has 0 aromatic heterocycles. The van der Waals surface area contributed by atoms with Gasteiger partial charge in [-0.05, 0) is 6.20 Å². The normalized spacial score (nSPS) is 9.38. The van der Waals surface area contributed by atoms with Gasteiger partial charge in [-0.25, -0.2) is 0 Å². The average Bonchev–Trinajstić information content (AvgIpc) is 1.83. The summed E-state index contributed by atoms with van der Waals surface area (Å²) in [6.07, 6.45) is 1.48. The SMILES string of the molecule is C=CNCN(O)CN. The molecule has 4 N–H and O–H groups in total. The predicted molar refractivity (Wildman–Crippen MR) is 30.9 cm³/mol. The van der Waals surface area contributed by atoms with Crippen LogP contribution in [0.5, 0.6) is 0 Å². The molecule has 4 heteroatoms. The zero-order chi connectivity index (χ0) is 6.41. The van der Waals surface area contributed by atoms with Gasteiger partial charge < -0.3 is 16.3 Å². The Balaban J connectivity index is 2.97. The smallest absolute Gasteiger partial charge is 0.0927 e. The third-order valence-corrected chi connectivity index (χ3v) is 0.629. The second-order valence-electron chi connectivity index (χ2n) is 1.26. The van der Waals surface area contributed by atoms with E-state index in [0.717, 1.165) is 5.06 Å². The van der Waals surface area contributed by atoms with E-state index in [1.807, 2.05) is 0 Å². The Labute approximate surface area is 48.5 Å². The van der Waals surface area contributed by atoms with Crippen LogP contribution in [0.25, 0.3) is 0 Å². The molecule has 0 radical (unpaired) electrons. The number of hydroxylamine groups is 2. The third-order valence-electron chi connectivity index (χ3n) is 0.629. The van der Waals surface area contributed by atoms with Crippen molar-refractivity contribution in [3.8, 4) is 0 Å². The fourth-order valence-electron chi connectivity index (χ4n) is 0.234. The highest BCUT2D eigenvalue weighted by Crippen LogP contribution is 1.68. The minimum atomic E-state index is 0.126. The fourth-order valence-corrected chi connectivity index (χ4v) is 0.234. The predicted octanol–water partition coefficient (Wildman–Crippen LogP) is -0.716. The summed E-state index contributed by atoms with van der Waals surface area (Å²) >= 11 is 0. The van der Waals surface area contributed by atoms with Crippen molar-refractivity contribution in [3.63, 3.8) is 0 Å². The van der Waals surface area contributed by atoms with Crippen LogP contribution in [0.4, 0.5) is 0 Å². The summed E-state index contributed by atoms with van der Waals surface area (Å²) in [5, 5.41) is 12.2. The highest BCUT2D eigenvalue weighted by molar-refractivity contribution is 4.59. The first-order valence-electron chi connectivity index (χ1n) is 2.29. The zero-order valence-electron chi connectivity index (χ0n) is 4.67. The van der Waals surface area contributed by atoms with Crippen LogP contribution in [0.15, 0.2) is 12.8 Å². The molecular weight excluding hydrogens is 106 g/mol. The molecule has 0 aliphatic heterocycles. The first-order chi connectivity index (χ1) is 3.81. The molecule has 0 aliphatic carbocycles. The van der Waals surface area contributed by atoms with Crippen molar-refractivity contribution in [2.45, 2.75) is 0 Å². The second-order valence-corrected chi connectivity index (χ2v) is 1.26. The van der Waals surface area contributed by atoms with Gasteiger partial charge in [-0.1, -0.05) is 6.58 Å². The maximum absolute atomic E-state index is 8.59. The van der Waals surface area contributed by atoms with Crippen molar-refractivity contribution in [2.24, 2.45) is 5.73 Å². The summed E-state index contributed by atoms with van der Waals surface area (Å²) < 4.78 is 0. The Kier molecular flexibility index (Phi) is 4.24. The lowest BCUT2D eigenvalue weighted by Crippen LogP contribution is -2.33. The maximum atomic E-state index is 8.59. The van der Waals surface area contributed by atoms with E-state index in [0.29, 0.717) is 6.67 Å². The molecule has 0 rings (SSSR count). The first kappa shape index (κ1) is 7.42. The molecule has 0 unspecified atom stereocenters. The van der Waals surface area contributed by atoms with E-state index < -0.39 is 0 Å². The lowest BCUT2D eigenvalue weighted by atomic mass is 10.9. The van der Waals surface area contributed by atoms with E-state index >= 15 is 0 Å². The van der Waals surface area contributed by atoms with Gasteiger partial charge in [0.1, 0.15) is 0 Å². The maximum Gasteiger partial charge on any atom is 0.0927 e. The van der Waals surface area contributed by atoms with Gasteiger partial charge in [-0.2, -0.15) is 5.06 Å². The topological polar surface area (TPSA) is 61.5 Å². The molecule has 0 heterocycles. The van der Waals surface area contributed by atoms with Crippen molar-refractivity contribution in [1.29, 1.82) is 0 Å². The van der Waals surface area contributed by atoms with Gasteiger partial charge >= 0.3 is 0 Å². The third kappa shape index (κ3) is 3.60. The Morgan fingerprint density at radius 1 is 1.88 bits per heavy atom. The molecule has 0 aliphatic rings. The van der Waals surface area contributed by atoms with E-state index in [9.17, 15) is 0 Å². The minimum Gasteiger partial charge on any atom is -0.377 e. The van der Waals surface area contributed by atoms with Gasteiger partial charge in [0.15, 0.2) is 0 Å². The van der Waals surface area contributed by atoms with Crippen molar-refractivity contribution in [2.75, 3.05) is 13.3 Å². The molecule has 0 aromatic rings. The molecule has 0 atom stereocenters. The lowest BCUT2D eigenvalue weighted by molar-refractivity contribution is -0.0919.